The fraction of sp³-hybridized carbons (Fsp3) is 0.529. The number of benzene rings is 1. The molecule has 2 fully saturated rings. The predicted molar refractivity (Wildman–Crippen MR) is 88.1 cm³/mol. The van der Waals surface area contributed by atoms with Crippen molar-refractivity contribution in [1.29, 1.82) is 0 Å². The molecular formula is C17H23F3N2O4. The van der Waals surface area contributed by atoms with Crippen LogP contribution in [0.15, 0.2) is 30.3 Å². The molecule has 1 aromatic carbocycles. The zero-order chi connectivity index (χ0) is 18.4. The summed E-state index contributed by atoms with van der Waals surface area (Å²) in [5.41, 5.74) is 1.01. The number of hydrogen-bond donors (Lipinski definition) is 3. The molecule has 2 aliphatic heterocycles. The minimum atomic E-state index is -4.90. The van der Waals surface area contributed by atoms with Crippen LogP contribution in [-0.4, -0.2) is 42.4 Å². The van der Waals surface area contributed by atoms with Crippen molar-refractivity contribution in [2.45, 2.75) is 32.7 Å². The van der Waals surface area contributed by atoms with Crippen LogP contribution in [0.3, 0.4) is 0 Å². The summed E-state index contributed by atoms with van der Waals surface area (Å²) >= 11 is 0. The lowest BCUT2D eigenvalue weighted by molar-refractivity contribution is -0.464. The van der Waals surface area contributed by atoms with Crippen LogP contribution in [-0.2, 0) is 20.9 Å². The number of ketones is 1. The van der Waals surface area contributed by atoms with Gasteiger partial charge < -0.3 is 10.6 Å². The van der Waals surface area contributed by atoms with E-state index in [1.54, 1.807) is 0 Å². The van der Waals surface area contributed by atoms with Gasteiger partial charge in [0, 0.05) is 6.42 Å². The van der Waals surface area contributed by atoms with Crippen molar-refractivity contribution < 1.29 is 32.9 Å². The number of carbonyl (C=O) groups excluding carboxylic acids is 2. The Bertz CT molecular complexity index is 591. The molecule has 1 aromatic rings. The lowest BCUT2D eigenvalue weighted by atomic mass is 9.78. The first-order valence-corrected chi connectivity index (χ1v) is 7.77. The summed E-state index contributed by atoms with van der Waals surface area (Å²) in [5, 5.41) is 12.7. The molecule has 0 spiro atoms. The third-order valence-corrected chi connectivity index (χ3v) is 4.16. The Balaban J connectivity index is 0.000000422. The van der Waals surface area contributed by atoms with Crippen molar-refractivity contribution in [2.24, 2.45) is 11.8 Å². The summed E-state index contributed by atoms with van der Waals surface area (Å²) in [4.78, 5) is 25.7. The molecule has 1 amide bonds. The van der Waals surface area contributed by atoms with Gasteiger partial charge in [-0.25, -0.2) is 5.26 Å². The third kappa shape index (κ3) is 6.40. The van der Waals surface area contributed by atoms with Crippen LogP contribution in [0.25, 0.3) is 0 Å². The lowest BCUT2D eigenvalue weighted by Crippen LogP contribution is -2.63. The summed E-state index contributed by atoms with van der Waals surface area (Å²) in [6.07, 6.45) is -3.66. The molecule has 0 radical (unpaired) electrons. The molecule has 3 N–H and O–H groups in total. The zero-order valence-corrected chi connectivity index (χ0v) is 13.3. The van der Waals surface area contributed by atoms with E-state index in [1.165, 1.54) is 0 Å². The average Bonchev–Trinajstić information content (AvgIpc) is 2.52. The summed E-state index contributed by atoms with van der Waals surface area (Å²) < 4.78 is 30.9. The fourth-order valence-electron chi connectivity index (χ4n) is 2.75. The van der Waals surface area contributed by atoms with Crippen molar-refractivity contribution in [3.05, 3.63) is 35.9 Å². The summed E-state index contributed by atoms with van der Waals surface area (Å²) in [7, 11) is 0. The first-order chi connectivity index (χ1) is 11.8. The van der Waals surface area contributed by atoms with Crippen LogP contribution in [0, 0.1) is 11.8 Å². The van der Waals surface area contributed by atoms with Crippen molar-refractivity contribution in [3.8, 4) is 0 Å². The van der Waals surface area contributed by atoms with Gasteiger partial charge in [-0.2, -0.15) is 0 Å². The molecule has 26 heavy (non-hydrogen) atoms. The Morgan fingerprint density at radius 3 is 2.23 bits per heavy atom. The summed E-state index contributed by atoms with van der Waals surface area (Å²) in [6, 6.07) is 9.42. The molecule has 0 aromatic heterocycles. The zero-order valence-electron chi connectivity index (χ0n) is 13.3. The van der Waals surface area contributed by atoms with E-state index in [-0.39, 0.29) is 31.1 Å². The Labute approximate surface area is 149 Å². The molecule has 3 rings (SSSR count). The van der Waals surface area contributed by atoms with Gasteiger partial charge in [-0.1, -0.05) is 37.8 Å². The largest absolute Gasteiger partial charge is 0.549 e. The number of amides is 1. The molecule has 0 unspecified atom stereocenters. The maximum atomic E-state index is 12.2. The second kappa shape index (κ2) is 9.65. The van der Waals surface area contributed by atoms with Crippen LogP contribution in [0.1, 0.15) is 19.4 Å². The monoisotopic (exact) mass is 376 g/mol. The normalized spacial score (nSPS) is 21.9. The number of β-lactam (4-membered cyclic amide) rings is 1. The molecule has 2 heterocycles. The Kier molecular flexibility index (Phi) is 8.19. The Morgan fingerprint density at radius 2 is 1.81 bits per heavy atom. The number of hydrogen-bond acceptors (Lipinski definition) is 5. The first-order valence-electron chi connectivity index (χ1n) is 7.77. The number of alkyl halides is 3. The van der Waals surface area contributed by atoms with Crippen molar-refractivity contribution >= 4 is 11.7 Å². The summed E-state index contributed by atoms with van der Waals surface area (Å²) in [5.74, 6) is 0.618. The van der Waals surface area contributed by atoms with Crippen LogP contribution in [0.4, 0.5) is 13.2 Å². The molecule has 2 aliphatic rings. The van der Waals surface area contributed by atoms with Gasteiger partial charge in [0.2, 0.25) is 5.91 Å². The predicted octanol–water partition coefficient (Wildman–Crippen LogP) is 2.15. The van der Waals surface area contributed by atoms with Gasteiger partial charge in [-0.3, -0.25) is 9.59 Å². The van der Waals surface area contributed by atoms with Gasteiger partial charge in [0.15, 0.2) is 5.78 Å². The van der Waals surface area contributed by atoms with Crippen molar-refractivity contribution in [1.82, 2.24) is 10.6 Å². The molecule has 2 saturated heterocycles. The second-order valence-electron chi connectivity index (χ2n) is 6.02. The Hall–Kier alpha value is -1.97. The number of rotatable bonds is 5. The number of Topliss-reactive ketones (excluding diaryl/α,β-unsaturated/α-hetero) is 1. The van der Waals surface area contributed by atoms with Gasteiger partial charge >= 0.3 is 6.36 Å². The molecule has 0 aliphatic carbocycles. The highest BCUT2D eigenvalue weighted by Crippen LogP contribution is 2.26. The van der Waals surface area contributed by atoms with E-state index >= 15 is 0 Å². The van der Waals surface area contributed by atoms with E-state index in [0.29, 0.717) is 12.3 Å². The van der Waals surface area contributed by atoms with Crippen molar-refractivity contribution in [3.63, 3.8) is 0 Å². The third-order valence-electron chi connectivity index (χ3n) is 4.16. The molecule has 146 valence electrons. The molecular weight excluding hydrogens is 353 g/mol. The molecule has 0 saturated carbocycles. The number of nitrogens with one attached hydrogen (secondary N) is 2. The van der Waals surface area contributed by atoms with Gasteiger partial charge in [0.05, 0.1) is 12.0 Å². The minimum absolute atomic E-state index is 0. The minimum Gasteiger partial charge on any atom is -0.345 e. The lowest BCUT2D eigenvalue weighted by Gasteiger charge is -2.40. The van der Waals surface area contributed by atoms with E-state index in [4.69, 9.17) is 5.26 Å². The van der Waals surface area contributed by atoms with Crippen LogP contribution < -0.4 is 10.6 Å². The maximum absolute atomic E-state index is 12.2. The molecule has 9 heteroatoms. The standard InChI is InChI=1S/C15H18N2O2.CHF3O2.CH4/c18-13(7-10-4-2-1-3-5-10)14-12(15(19)17-14)6-11-8-16-9-11;2-1(3,4)6-5;/h1-5,11-12,14,16H,6-9H2,(H,17,19);5H;1H4/t12-,14+;;/m1../s1. The topological polar surface area (TPSA) is 87.7 Å². The SMILES string of the molecule is C.O=C(Cc1ccccc1)[C@H]1NC(=O)[C@@H]1CC1CNC1.OOC(F)(F)F. The maximum Gasteiger partial charge on any atom is 0.549 e. The average molecular weight is 376 g/mol. The van der Waals surface area contributed by atoms with E-state index < -0.39 is 6.36 Å². The second-order valence-corrected chi connectivity index (χ2v) is 6.02. The van der Waals surface area contributed by atoms with Crippen molar-refractivity contribution in [2.75, 3.05) is 13.1 Å². The van der Waals surface area contributed by atoms with Crippen LogP contribution in [0.2, 0.25) is 0 Å². The van der Waals surface area contributed by atoms with E-state index in [0.717, 1.165) is 25.1 Å². The van der Waals surface area contributed by atoms with Gasteiger partial charge in [0.25, 0.3) is 0 Å². The van der Waals surface area contributed by atoms with E-state index in [1.807, 2.05) is 35.2 Å². The van der Waals surface area contributed by atoms with E-state index in [2.05, 4.69) is 10.6 Å². The quantitative estimate of drug-likeness (QED) is 0.416. The number of halogens is 3. The summed E-state index contributed by atoms with van der Waals surface area (Å²) in [6.45, 7) is 1.95. The van der Waals surface area contributed by atoms with Gasteiger partial charge in [-0.05, 0) is 31.0 Å². The van der Waals surface area contributed by atoms with Crippen LogP contribution >= 0.6 is 0 Å². The fourth-order valence-corrected chi connectivity index (χ4v) is 2.75. The highest BCUT2D eigenvalue weighted by molar-refractivity contribution is 6.00. The highest BCUT2D eigenvalue weighted by Gasteiger charge is 2.44. The Morgan fingerprint density at radius 1 is 1.23 bits per heavy atom. The smallest absolute Gasteiger partial charge is 0.345 e. The molecule has 2 atom stereocenters. The van der Waals surface area contributed by atoms with Gasteiger partial charge in [0.1, 0.15) is 0 Å². The van der Waals surface area contributed by atoms with Crippen LogP contribution in [0.5, 0.6) is 0 Å². The first kappa shape index (κ1) is 22.1. The number of carbonyl (C=O) groups is 2. The van der Waals surface area contributed by atoms with E-state index in [9.17, 15) is 22.8 Å². The molecule has 6 nitrogen and oxygen atoms in total. The van der Waals surface area contributed by atoms with Gasteiger partial charge in [-0.15, -0.1) is 18.1 Å². The molecule has 0 bridgehead atoms. The highest BCUT2D eigenvalue weighted by atomic mass is 19.4.